The second-order valence-electron chi connectivity index (χ2n) is 2.48. The molecule has 0 radical (unpaired) electrons. The van der Waals surface area contributed by atoms with E-state index in [0.717, 1.165) is 21.5 Å². The third-order valence-electron chi connectivity index (χ3n) is 1.49. The van der Waals surface area contributed by atoms with Crippen molar-refractivity contribution in [1.29, 1.82) is 0 Å². The first kappa shape index (κ1) is 9.93. The average Bonchev–Trinajstić information content (AvgIpc) is 2.03. The van der Waals surface area contributed by atoms with E-state index >= 15 is 0 Å². The zero-order valence-electron chi connectivity index (χ0n) is 6.88. The summed E-state index contributed by atoms with van der Waals surface area (Å²) in [7, 11) is 0. The Morgan fingerprint density at radius 3 is 2.83 bits per heavy atom. The van der Waals surface area contributed by atoms with Crippen molar-refractivity contribution in [1.82, 2.24) is 0 Å². The van der Waals surface area contributed by atoms with E-state index < -0.39 is 0 Å². The van der Waals surface area contributed by atoms with Crippen LogP contribution in [-0.2, 0) is 0 Å². The van der Waals surface area contributed by atoms with Gasteiger partial charge < -0.3 is 4.74 Å². The molecule has 66 valence electrons. The summed E-state index contributed by atoms with van der Waals surface area (Å²) < 4.78 is 6.53. The first-order valence-electron chi connectivity index (χ1n) is 3.74. The van der Waals surface area contributed by atoms with Gasteiger partial charge in [0.05, 0.1) is 6.61 Å². The molecule has 0 aliphatic carbocycles. The van der Waals surface area contributed by atoms with Crippen molar-refractivity contribution in [3.63, 3.8) is 0 Å². The Bertz CT molecular complexity index is 263. The van der Waals surface area contributed by atoms with Crippen LogP contribution in [0.1, 0.15) is 5.56 Å². The predicted molar refractivity (Wildman–Crippen MR) is 58.2 cm³/mol. The first-order valence-corrected chi connectivity index (χ1v) is 5.16. The molecule has 0 aliphatic heterocycles. The Morgan fingerprint density at radius 2 is 2.25 bits per heavy atom. The lowest BCUT2D eigenvalue weighted by atomic mass is 10.2. The van der Waals surface area contributed by atoms with Crippen molar-refractivity contribution >= 4 is 28.6 Å². The standard InChI is InChI=1S/C9H11BrOS/c1-7-6-8(10)2-3-9(7)11-4-5-12/h2-3,6,12H,4-5H2,1H3. The van der Waals surface area contributed by atoms with Crippen molar-refractivity contribution in [3.8, 4) is 5.75 Å². The van der Waals surface area contributed by atoms with Crippen LogP contribution in [0.4, 0.5) is 0 Å². The van der Waals surface area contributed by atoms with Crippen LogP contribution < -0.4 is 4.74 Å². The number of ether oxygens (including phenoxy) is 1. The molecular formula is C9H11BrOS. The van der Waals surface area contributed by atoms with Crippen molar-refractivity contribution in [3.05, 3.63) is 28.2 Å². The SMILES string of the molecule is Cc1cc(Br)ccc1OCCS. The molecule has 12 heavy (non-hydrogen) atoms. The van der Waals surface area contributed by atoms with Gasteiger partial charge in [-0.2, -0.15) is 12.6 Å². The molecule has 0 saturated heterocycles. The molecule has 1 nitrogen and oxygen atoms in total. The van der Waals surface area contributed by atoms with Crippen LogP contribution in [0.3, 0.4) is 0 Å². The minimum absolute atomic E-state index is 0.658. The molecule has 0 aromatic heterocycles. The van der Waals surface area contributed by atoms with Gasteiger partial charge in [-0.1, -0.05) is 15.9 Å². The maximum Gasteiger partial charge on any atom is 0.122 e. The van der Waals surface area contributed by atoms with Gasteiger partial charge >= 0.3 is 0 Å². The molecule has 0 spiro atoms. The molecule has 0 amide bonds. The molecule has 0 unspecified atom stereocenters. The Kier molecular flexibility index (Phi) is 3.95. The maximum absolute atomic E-state index is 5.44. The molecule has 1 aromatic rings. The number of hydrogen-bond acceptors (Lipinski definition) is 2. The predicted octanol–water partition coefficient (Wildman–Crippen LogP) is 3.07. The summed E-state index contributed by atoms with van der Waals surface area (Å²) in [4.78, 5) is 0. The highest BCUT2D eigenvalue weighted by atomic mass is 79.9. The molecule has 0 N–H and O–H groups in total. The fraction of sp³-hybridized carbons (Fsp3) is 0.333. The molecule has 0 aliphatic rings. The zero-order chi connectivity index (χ0) is 8.97. The molecule has 0 saturated carbocycles. The van der Waals surface area contributed by atoms with Crippen LogP contribution in [0.5, 0.6) is 5.75 Å². The maximum atomic E-state index is 5.44. The highest BCUT2D eigenvalue weighted by Gasteiger charge is 1.98. The van der Waals surface area contributed by atoms with Crippen LogP contribution >= 0.6 is 28.6 Å². The number of halogens is 1. The lowest BCUT2D eigenvalue weighted by molar-refractivity contribution is 0.342. The molecule has 1 aromatic carbocycles. The number of thiol groups is 1. The van der Waals surface area contributed by atoms with Crippen LogP contribution in [0, 0.1) is 6.92 Å². The van der Waals surface area contributed by atoms with Gasteiger partial charge in [-0.15, -0.1) is 0 Å². The van der Waals surface area contributed by atoms with E-state index in [1.807, 2.05) is 25.1 Å². The average molecular weight is 247 g/mol. The monoisotopic (exact) mass is 246 g/mol. The summed E-state index contributed by atoms with van der Waals surface area (Å²) in [6, 6.07) is 5.97. The second-order valence-corrected chi connectivity index (χ2v) is 3.84. The summed E-state index contributed by atoms with van der Waals surface area (Å²) in [6.45, 7) is 2.68. The van der Waals surface area contributed by atoms with E-state index in [2.05, 4.69) is 28.6 Å². The van der Waals surface area contributed by atoms with Gasteiger partial charge in [0.1, 0.15) is 5.75 Å². The topological polar surface area (TPSA) is 9.23 Å². The molecule has 1 rings (SSSR count). The van der Waals surface area contributed by atoms with Gasteiger partial charge in [-0.3, -0.25) is 0 Å². The normalized spacial score (nSPS) is 9.92. The van der Waals surface area contributed by atoms with Crippen LogP contribution in [-0.4, -0.2) is 12.4 Å². The van der Waals surface area contributed by atoms with Gasteiger partial charge in [0.2, 0.25) is 0 Å². The van der Waals surface area contributed by atoms with Crippen molar-refractivity contribution < 1.29 is 4.74 Å². The van der Waals surface area contributed by atoms with Crippen LogP contribution in [0.2, 0.25) is 0 Å². The Balaban J connectivity index is 2.72. The number of benzene rings is 1. The number of hydrogen-bond donors (Lipinski definition) is 1. The number of aryl methyl sites for hydroxylation is 1. The Labute approximate surface area is 86.7 Å². The van der Waals surface area contributed by atoms with E-state index in [-0.39, 0.29) is 0 Å². The highest BCUT2D eigenvalue weighted by molar-refractivity contribution is 9.10. The van der Waals surface area contributed by atoms with E-state index in [9.17, 15) is 0 Å². The Morgan fingerprint density at radius 1 is 1.50 bits per heavy atom. The minimum Gasteiger partial charge on any atom is -0.492 e. The van der Waals surface area contributed by atoms with Gasteiger partial charge in [0.25, 0.3) is 0 Å². The quantitative estimate of drug-likeness (QED) is 0.807. The van der Waals surface area contributed by atoms with Gasteiger partial charge in [-0.05, 0) is 30.7 Å². The largest absolute Gasteiger partial charge is 0.492 e. The van der Waals surface area contributed by atoms with E-state index in [4.69, 9.17) is 4.74 Å². The number of rotatable bonds is 3. The van der Waals surface area contributed by atoms with Gasteiger partial charge in [0.15, 0.2) is 0 Å². The van der Waals surface area contributed by atoms with Crippen LogP contribution in [0.15, 0.2) is 22.7 Å². The molecule has 0 atom stereocenters. The minimum atomic E-state index is 0.658. The zero-order valence-corrected chi connectivity index (χ0v) is 9.36. The Hall–Kier alpha value is -0.150. The van der Waals surface area contributed by atoms with Crippen molar-refractivity contribution in [2.24, 2.45) is 0 Å². The summed E-state index contributed by atoms with van der Waals surface area (Å²) in [5, 5.41) is 0. The lowest BCUT2D eigenvalue weighted by Crippen LogP contribution is -1.99. The van der Waals surface area contributed by atoms with Gasteiger partial charge in [0, 0.05) is 10.2 Å². The van der Waals surface area contributed by atoms with E-state index in [0.29, 0.717) is 6.61 Å². The van der Waals surface area contributed by atoms with Crippen molar-refractivity contribution in [2.45, 2.75) is 6.92 Å². The summed E-state index contributed by atoms with van der Waals surface area (Å²) >= 11 is 7.46. The second kappa shape index (κ2) is 4.77. The molecule has 3 heteroatoms. The smallest absolute Gasteiger partial charge is 0.122 e. The van der Waals surface area contributed by atoms with E-state index in [1.165, 1.54) is 0 Å². The van der Waals surface area contributed by atoms with Crippen LogP contribution in [0.25, 0.3) is 0 Å². The fourth-order valence-corrected chi connectivity index (χ4v) is 1.50. The highest BCUT2D eigenvalue weighted by Crippen LogP contribution is 2.21. The lowest BCUT2D eigenvalue weighted by Gasteiger charge is -2.07. The third kappa shape index (κ3) is 2.72. The fourth-order valence-electron chi connectivity index (χ4n) is 0.930. The van der Waals surface area contributed by atoms with Crippen molar-refractivity contribution in [2.75, 3.05) is 12.4 Å². The molecule has 0 bridgehead atoms. The molecule has 0 fully saturated rings. The molecule has 0 heterocycles. The van der Waals surface area contributed by atoms with E-state index in [1.54, 1.807) is 0 Å². The summed E-state index contributed by atoms with van der Waals surface area (Å²) in [5.41, 5.74) is 1.14. The molecular weight excluding hydrogens is 236 g/mol. The van der Waals surface area contributed by atoms with Gasteiger partial charge in [-0.25, -0.2) is 0 Å². The first-order chi connectivity index (χ1) is 5.74. The summed E-state index contributed by atoms with van der Waals surface area (Å²) in [5.74, 6) is 1.68. The summed E-state index contributed by atoms with van der Waals surface area (Å²) in [6.07, 6.45) is 0. The third-order valence-corrected chi connectivity index (χ3v) is 2.16.